The summed E-state index contributed by atoms with van der Waals surface area (Å²) in [6.45, 7) is 0. The van der Waals surface area contributed by atoms with Crippen LogP contribution in [0.4, 0.5) is 0 Å². The van der Waals surface area contributed by atoms with Crippen LogP contribution in [0.5, 0.6) is 17.2 Å². The molecular formula is C22H24O6. The molecule has 0 aliphatic heterocycles. The molecule has 6 nitrogen and oxygen atoms in total. The third kappa shape index (κ3) is 5.61. The van der Waals surface area contributed by atoms with E-state index >= 15 is 0 Å². The number of carboxylic acid groups (broad SMARTS) is 1. The molecule has 0 fully saturated rings. The van der Waals surface area contributed by atoms with Gasteiger partial charge in [0.15, 0.2) is 17.3 Å². The first-order chi connectivity index (χ1) is 13.5. The smallest absolute Gasteiger partial charge is 0.307 e. The average molecular weight is 384 g/mol. The fraction of sp³-hybridized carbons (Fsp3) is 0.273. The second-order valence-corrected chi connectivity index (χ2v) is 6.19. The number of ketones is 1. The van der Waals surface area contributed by atoms with Gasteiger partial charge in [-0.15, -0.1) is 0 Å². The van der Waals surface area contributed by atoms with Crippen LogP contribution in [0.2, 0.25) is 0 Å². The molecule has 0 saturated carbocycles. The number of hydrogen-bond acceptors (Lipinski definition) is 5. The first-order valence-corrected chi connectivity index (χ1v) is 8.76. The first kappa shape index (κ1) is 21.0. The zero-order chi connectivity index (χ0) is 20.5. The zero-order valence-corrected chi connectivity index (χ0v) is 16.2. The van der Waals surface area contributed by atoms with Crippen LogP contribution in [0.1, 0.15) is 17.5 Å². The lowest BCUT2D eigenvalue weighted by Crippen LogP contribution is -2.19. The molecule has 1 atom stereocenters. The van der Waals surface area contributed by atoms with Gasteiger partial charge >= 0.3 is 5.97 Å². The lowest BCUT2D eigenvalue weighted by Gasteiger charge is -2.13. The molecule has 1 unspecified atom stereocenters. The minimum Gasteiger partial charge on any atom is -0.493 e. The van der Waals surface area contributed by atoms with Crippen molar-refractivity contribution in [1.29, 1.82) is 0 Å². The summed E-state index contributed by atoms with van der Waals surface area (Å²) in [6.07, 6.45) is 3.21. The Bertz CT molecular complexity index is 816. The highest BCUT2D eigenvalue weighted by Gasteiger charge is 2.20. The second-order valence-electron chi connectivity index (χ2n) is 6.19. The number of methoxy groups -OCH3 is 3. The molecule has 0 aliphatic rings. The lowest BCUT2D eigenvalue weighted by molar-refractivity contribution is -0.143. The molecule has 0 aliphatic carbocycles. The van der Waals surface area contributed by atoms with Gasteiger partial charge in [0.25, 0.3) is 0 Å². The lowest BCUT2D eigenvalue weighted by atomic mass is 9.94. The Hall–Kier alpha value is -3.28. The summed E-state index contributed by atoms with van der Waals surface area (Å²) in [6, 6.07) is 12.7. The van der Waals surface area contributed by atoms with Crippen molar-refractivity contribution >= 4 is 17.8 Å². The van der Waals surface area contributed by atoms with Crippen molar-refractivity contribution in [3.8, 4) is 17.2 Å². The number of carbonyl (C=O) groups excluding carboxylic acids is 1. The summed E-state index contributed by atoms with van der Waals surface area (Å²) >= 11 is 0. The molecule has 2 aromatic rings. The van der Waals surface area contributed by atoms with Crippen LogP contribution < -0.4 is 14.2 Å². The first-order valence-electron chi connectivity index (χ1n) is 8.76. The van der Waals surface area contributed by atoms with Crippen molar-refractivity contribution in [2.45, 2.75) is 12.8 Å². The largest absolute Gasteiger partial charge is 0.493 e. The van der Waals surface area contributed by atoms with E-state index in [1.807, 2.05) is 30.3 Å². The summed E-state index contributed by atoms with van der Waals surface area (Å²) in [7, 11) is 4.53. The number of benzene rings is 2. The Labute approximate surface area is 164 Å². The topological polar surface area (TPSA) is 82.1 Å². The molecule has 0 radical (unpaired) electrons. The summed E-state index contributed by atoms with van der Waals surface area (Å²) in [5.41, 5.74) is 1.56. The van der Waals surface area contributed by atoms with Crippen LogP contribution in [-0.2, 0) is 16.0 Å². The van der Waals surface area contributed by atoms with E-state index in [-0.39, 0.29) is 12.2 Å². The molecule has 6 heteroatoms. The van der Waals surface area contributed by atoms with Crippen molar-refractivity contribution in [2.24, 2.45) is 5.92 Å². The molecule has 0 amide bonds. The molecule has 0 aromatic heterocycles. The SMILES string of the molecule is COc1cc(/C=C/C(=O)CC(Cc2ccccc2)C(=O)O)cc(OC)c1OC. The monoisotopic (exact) mass is 384 g/mol. The molecule has 1 N–H and O–H groups in total. The maximum atomic E-state index is 12.3. The van der Waals surface area contributed by atoms with Crippen molar-refractivity contribution in [2.75, 3.05) is 21.3 Å². The molecule has 0 spiro atoms. The summed E-state index contributed by atoms with van der Waals surface area (Å²) in [4.78, 5) is 23.8. The minimum atomic E-state index is -0.988. The molecule has 148 valence electrons. The number of ether oxygens (including phenoxy) is 3. The third-order valence-electron chi connectivity index (χ3n) is 4.27. The maximum Gasteiger partial charge on any atom is 0.307 e. The van der Waals surface area contributed by atoms with E-state index in [4.69, 9.17) is 14.2 Å². The van der Waals surface area contributed by atoms with Crippen molar-refractivity contribution in [3.05, 3.63) is 59.7 Å². The number of carbonyl (C=O) groups is 2. The zero-order valence-electron chi connectivity index (χ0n) is 16.2. The molecule has 2 rings (SSSR count). The fourth-order valence-corrected chi connectivity index (χ4v) is 2.84. The summed E-state index contributed by atoms with van der Waals surface area (Å²) < 4.78 is 15.8. The number of aliphatic carboxylic acids is 1. The summed E-state index contributed by atoms with van der Waals surface area (Å²) in [5.74, 6) is -0.625. The van der Waals surface area contributed by atoms with Gasteiger partial charge in [0, 0.05) is 6.42 Å². The van der Waals surface area contributed by atoms with Gasteiger partial charge in [-0.05, 0) is 35.8 Å². The molecule has 28 heavy (non-hydrogen) atoms. The molecular weight excluding hydrogens is 360 g/mol. The Morgan fingerprint density at radius 1 is 1.00 bits per heavy atom. The van der Waals surface area contributed by atoms with E-state index < -0.39 is 11.9 Å². The van der Waals surface area contributed by atoms with Gasteiger partial charge in [-0.25, -0.2) is 0 Å². The quantitative estimate of drug-likeness (QED) is 0.630. The normalized spacial score (nSPS) is 11.8. The van der Waals surface area contributed by atoms with Gasteiger partial charge in [0.1, 0.15) is 0 Å². The van der Waals surface area contributed by atoms with E-state index in [0.717, 1.165) is 5.56 Å². The van der Waals surface area contributed by atoms with Crippen molar-refractivity contribution in [1.82, 2.24) is 0 Å². The molecule has 0 saturated heterocycles. The summed E-state index contributed by atoms with van der Waals surface area (Å²) in [5, 5.41) is 9.44. The van der Waals surface area contributed by atoms with E-state index in [1.165, 1.54) is 27.4 Å². The molecule has 0 bridgehead atoms. The second kappa shape index (κ2) is 10.2. The van der Waals surface area contributed by atoms with Gasteiger partial charge in [-0.3, -0.25) is 9.59 Å². The van der Waals surface area contributed by atoms with Crippen LogP contribution in [0.15, 0.2) is 48.5 Å². The molecule has 0 heterocycles. The van der Waals surface area contributed by atoms with E-state index in [0.29, 0.717) is 29.2 Å². The number of rotatable bonds is 10. The number of hydrogen-bond donors (Lipinski definition) is 1. The highest BCUT2D eigenvalue weighted by molar-refractivity contribution is 5.95. The van der Waals surface area contributed by atoms with Gasteiger partial charge in [0.05, 0.1) is 27.2 Å². The van der Waals surface area contributed by atoms with Gasteiger partial charge in [-0.1, -0.05) is 36.4 Å². The Morgan fingerprint density at radius 3 is 2.11 bits per heavy atom. The van der Waals surface area contributed by atoms with Crippen LogP contribution >= 0.6 is 0 Å². The number of carboxylic acids is 1. The highest BCUT2D eigenvalue weighted by Crippen LogP contribution is 2.38. The van der Waals surface area contributed by atoms with E-state index in [1.54, 1.807) is 18.2 Å². The van der Waals surface area contributed by atoms with Crippen LogP contribution in [0.3, 0.4) is 0 Å². The predicted octanol–water partition coefficient (Wildman–Crippen LogP) is 3.63. The van der Waals surface area contributed by atoms with Crippen LogP contribution in [0.25, 0.3) is 6.08 Å². The Kier molecular flexibility index (Phi) is 7.63. The van der Waals surface area contributed by atoms with Crippen molar-refractivity contribution in [3.63, 3.8) is 0 Å². The van der Waals surface area contributed by atoms with Gasteiger partial charge in [-0.2, -0.15) is 0 Å². The molecule has 2 aromatic carbocycles. The fourth-order valence-electron chi connectivity index (χ4n) is 2.84. The maximum absolute atomic E-state index is 12.3. The van der Waals surface area contributed by atoms with E-state index in [2.05, 4.69) is 0 Å². The average Bonchev–Trinajstić information content (AvgIpc) is 2.71. The van der Waals surface area contributed by atoms with Crippen LogP contribution in [-0.4, -0.2) is 38.2 Å². The third-order valence-corrected chi connectivity index (χ3v) is 4.27. The standard InChI is InChI=1S/C22H24O6/c1-26-19-12-16(13-20(27-2)21(19)28-3)9-10-18(23)14-17(22(24)25)11-15-7-5-4-6-8-15/h4-10,12-13,17H,11,14H2,1-3H3,(H,24,25)/b10-9+. The van der Waals surface area contributed by atoms with Gasteiger partial charge < -0.3 is 19.3 Å². The predicted molar refractivity (Wildman–Crippen MR) is 106 cm³/mol. The van der Waals surface area contributed by atoms with Gasteiger partial charge in [0.2, 0.25) is 5.75 Å². The Morgan fingerprint density at radius 2 is 1.61 bits per heavy atom. The van der Waals surface area contributed by atoms with E-state index in [9.17, 15) is 14.7 Å². The van der Waals surface area contributed by atoms with Crippen LogP contribution in [0, 0.1) is 5.92 Å². The highest BCUT2D eigenvalue weighted by atomic mass is 16.5. The Balaban J connectivity index is 2.12. The minimum absolute atomic E-state index is 0.0782. The number of allylic oxidation sites excluding steroid dienone is 1. The van der Waals surface area contributed by atoms with Crippen molar-refractivity contribution < 1.29 is 28.9 Å².